The average Bonchev–Trinajstić information content (AvgIpc) is 3.80. The molecule has 3 saturated heterocycles. The van der Waals surface area contributed by atoms with Crippen molar-refractivity contribution >= 4 is 0 Å². The lowest BCUT2D eigenvalue weighted by Crippen LogP contribution is -2.17. The number of H-pyrrole nitrogens is 2. The molecule has 6 heterocycles. The van der Waals surface area contributed by atoms with Crippen molar-refractivity contribution in [1.29, 1.82) is 0 Å². The molecule has 4 fully saturated rings. The SMILES string of the molecule is CN1C2CCC1c1c(C3CCC(c4cnc(C5CCCN5)[nH]4)CC3)ccc(-c3cnc([C@@H]4CCCN4)[nH]3)c12. The minimum Gasteiger partial charge on any atom is -0.344 e. The number of nitrogens with zero attached hydrogens (tertiary/aromatic N) is 3. The zero-order valence-electron chi connectivity index (χ0n) is 22.6. The molecule has 1 aromatic carbocycles. The summed E-state index contributed by atoms with van der Waals surface area (Å²) < 4.78 is 0. The van der Waals surface area contributed by atoms with Crippen LogP contribution in [-0.4, -0.2) is 45.0 Å². The van der Waals surface area contributed by atoms with E-state index in [2.05, 4.69) is 57.1 Å². The Labute approximate surface area is 225 Å². The van der Waals surface area contributed by atoms with Gasteiger partial charge in [0.05, 0.1) is 24.0 Å². The van der Waals surface area contributed by atoms with Gasteiger partial charge < -0.3 is 20.6 Å². The molecule has 0 spiro atoms. The minimum atomic E-state index is 0.380. The van der Waals surface area contributed by atoms with Gasteiger partial charge in [-0.2, -0.15) is 0 Å². The van der Waals surface area contributed by atoms with E-state index >= 15 is 0 Å². The van der Waals surface area contributed by atoms with E-state index in [9.17, 15) is 0 Å². The molecule has 0 radical (unpaired) electrons. The molecule has 4 atom stereocenters. The second-order valence-corrected chi connectivity index (χ2v) is 12.6. The van der Waals surface area contributed by atoms with Crippen molar-refractivity contribution in [3.05, 3.63) is 58.6 Å². The Morgan fingerprint density at radius 3 is 2.08 bits per heavy atom. The molecular weight excluding hydrogens is 470 g/mol. The van der Waals surface area contributed by atoms with E-state index in [0.717, 1.165) is 24.7 Å². The summed E-state index contributed by atoms with van der Waals surface area (Å²) in [5, 5.41) is 7.18. The van der Waals surface area contributed by atoms with Crippen LogP contribution in [0.1, 0.15) is 134 Å². The maximum absolute atomic E-state index is 4.81. The van der Waals surface area contributed by atoms with Gasteiger partial charge in [0.15, 0.2) is 0 Å². The van der Waals surface area contributed by atoms with Gasteiger partial charge in [0.25, 0.3) is 0 Å². The summed E-state index contributed by atoms with van der Waals surface area (Å²) in [5.41, 5.74) is 8.85. The first-order valence-electron chi connectivity index (χ1n) is 15.2. The van der Waals surface area contributed by atoms with Crippen molar-refractivity contribution in [1.82, 2.24) is 35.5 Å². The molecule has 4 aliphatic heterocycles. The summed E-state index contributed by atoms with van der Waals surface area (Å²) in [6, 6.07) is 6.84. The molecule has 3 aromatic rings. The minimum absolute atomic E-state index is 0.380. The summed E-state index contributed by atoms with van der Waals surface area (Å²) >= 11 is 0. The molecule has 4 N–H and O–H groups in total. The molecule has 8 rings (SSSR count). The van der Waals surface area contributed by atoms with Crippen molar-refractivity contribution in [2.45, 2.75) is 100 Å². The lowest BCUT2D eigenvalue weighted by Gasteiger charge is -2.31. The molecule has 0 amide bonds. The third-order valence-electron chi connectivity index (χ3n) is 10.6. The van der Waals surface area contributed by atoms with E-state index in [1.807, 2.05) is 0 Å². The zero-order valence-corrected chi connectivity index (χ0v) is 22.6. The summed E-state index contributed by atoms with van der Waals surface area (Å²) in [6.07, 6.45) is 16.7. The van der Waals surface area contributed by atoms with E-state index in [4.69, 9.17) is 9.97 Å². The molecule has 7 nitrogen and oxygen atoms in total. The quantitative estimate of drug-likeness (QED) is 0.342. The van der Waals surface area contributed by atoms with Gasteiger partial charge in [-0.25, -0.2) is 9.97 Å². The average molecular weight is 512 g/mol. The van der Waals surface area contributed by atoms with Crippen molar-refractivity contribution in [2.75, 3.05) is 20.1 Å². The third-order valence-corrected chi connectivity index (χ3v) is 10.6. The first-order chi connectivity index (χ1) is 18.7. The van der Waals surface area contributed by atoms with Crippen LogP contribution in [0.25, 0.3) is 11.3 Å². The van der Waals surface area contributed by atoms with Gasteiger partial charge in [-0.15, -0.1) is 0 Å². The van der Waals surface area contributed by atoms with Crippen LogP contribution in [-0.2, 0) is 0 Å². The number of aromatic nitrogens is 4. The largest absolute Gasteiger partial charge is 0.344 e. The number of benzene rings is 1. The van der Waals surface area contributed by atoms with Crippen LogP contribution in [0.4, 0.5) is 0 Å². The Hall–Kier alpha value is -2.48. The Kier molecular flexibility index (Phi) is 5.74. The Morgan fingerprint density at radius 1 is 0.711 bits per heavy atom. The fraction of sp³-hybridized carbons (Fsp3) is 0.613. The standard InChI is InChI=1S/C31H41N7/c1-38-26-12-13-27(38)29-21(25-17-35-31(37-25)23-5-3-15-33-23)11-10-20(28(26)29)18-6-8-19(9-7-18)24-16-34-30(36-24)22-4-2-14-32-22/h10-11,16-19,22-23,26-27,32-33H,2-9,12-15H2,1H3,(H,34,36)(H,35,37)/t18?,19?,22?,23-,26?,27?/m0/s1. The first kappa shape index (κ1) is 23.4. The van der Waals surface area contributed by atoms with Crippen LogP contribution in [0.5, 0.6) is 0 Å². The maximum atomic E-state index is 4.81. The van der Waals surface area contributed by atoms with E-state index < -0.39 is 0 Å². The zero-order chi connectivity index (χ0) is 25.2. The highest BCUT2D eigenvalue weighted by molar-refractivity contribution is 5.70. The number of hydrogen-bond acceptors (Lipinski definition) is 5. The Bertz CT molecular complexity index is 1300. The van der Waals surface area contributed by atoms with Crippen molar-refractivity contribution < 1.29 is 0 Å². The predicted octanol–water partition coefficient (Wildman–Crippen LogP) is 5.91. The second kappa shape index (κ2) is 9.32. The number of aromatic amines is 2. The number of rotatable bonds is 5. The third kappa shape index (κ3) is 3.73. The summed E-state index contributed by atoms with van der Waals surface area (Å²) in [7, 11) is 2.35. The summed E-state index contributed by atoms with van der Waals surface area (Å²) in [5.74, 6) is 3.54. The molecule has 1 aliphatic carbocycles. The van der Waals surface area contributed by atoms with Crippen molar-refractivity contribution in [2.24, 2.45) is 0 Å². The summed E-state index contributed by atoms with van der Waals surface area (Å²) in [4.78, 5) is 19.6. The van der Waals surface area contributed by atoms with Crippen molar-refractivity contribution in [3.63, 3.8) is 0 Å². The monoisotopic (exact) mass is 511 g/mol. The van der Waals surface area contributed by atoms with Crippen LogP contribution in [0.15, 0.2) is 24.5 Å². The van der Waals surface area contributed by atoms with E-state index in [0.29, 0.717) is 36.0 Å². The van der Waals surface area contributed by atoms with Gasteiger partial charge in [-0.3, -0.25) is 4.90 Å². The molecule has 2 bridgehead atoms. The van der Waals surface area contributed by atoms with E-state index in [-0.39, 0.29) is 0 Å². The summed E-state index contributed by atoms with van der Waals surface area (Å²) in [6.45, 7) is 2.21. The first-order valence-corrected chi connectivity index (χ1v) is 15.2. The molecular formula is C31H41N7. The van der Waals surface area contributed by atoms with Crippen LogP contribution in [0.3, 0.4) is 0 Å². The number of hydrogen-bond donors (Lipinski definition) is 4. The molecule has 1 saturated carbocycles. The second-order valence-electron chi connectivity index (χ2n) is 12.6. The van der Waals surface area contributed by atoms with Gasteiger partial charge >= 0.3 is 0 Å². The van der Waals surface area contributed by atoms with Crippen LogP contribution < -0.4 is 10.6 Å². The number of imidazole rings is 2. The van der Waals surface area contributed by atoms with Gasteiger partial charge in [-0.05, 0) is 107 Å². The van der Waals surface area contributed by atoms with E-state index in [1.165, 1.54) is 81.2 Å². The Balaban J connectivity index is 1.05. The van der Waals surface area contributed by atoms with Crippen LogP contribution in [0.2, 0.25) is 0 Å². The van der Waals surface area contributed by atoms with Gasteiger partial charge in [0.1, 0.15) is 11.6 Å². The lowest BCUT2D eigenvalue weighted by molar-refractivity contribution is 0.279. The molecule has 5 aliphatic rings. The highest BCUT2D eigenvalue weighted by Crippen LogP contribution is 2.57. The van der Waals surface area contributed by atoms with Gasteiger partial charge in [-0.1, -0.05) is 12.1 Å². The normalized spacial score (nSPS) is 32.9. The molecule has 2 aromatic heterocycles. The molecule has 200 valence electrons. The highest BCUT2D eigenvalue weighted by Gasteiger charge is 2.45. The Morgan fingerprint density at radius 2 is 1.37 bits per heavy atom. The van der Waals surface area contributed by atoms with Gasteiger partial charge in [0.2, 0.25) is 0 Å². The molecule has 38 heavy (non-hydrogen) atoms. The smallest absolute Gasteiger partial charge is 0.123 e. The van der Waals surface area contributed by atoms with Gasteiger partial charge in [0, 0.05) is 35.5 Å². The fourth-order valence-electron chi connectivity index (χ4n) is 8.55. The topological polar surface area (TPSA) is 84.7 Å². The molecule has 7 heteroatoms. The van der Waals surface area contributed by atoms with Crippen molar-refractivity contribution in [3.8, 4) is 11.3 Å². The number of nitrogens with one attached hydrogen (secondary N) is 4. The predicted molar refractivity (Wildman–Crippen MR) is 149 cm³/mol. The number of fused-ring (bicyclic) bond motifs is 5. The highest BCUT2D eigenvalue weighted by atomic mass is 15.2. The molecule has 3 unspecified atom stereocenters. The van der Waals surface area contributed by atoms with Crippen LogP contribution >= 0.6 is 0 Å². The van der Waals surface area contributed by atoms with E-state index in [1.54, 1.807) is 16.7 Å². The fourth-order valence-corrected chi connectivity index (χ4v) is 8.55. The maximum Gasteiger partial charge on any atom is 0.123 e. The van der Waals surface area contributed by atoms with Crippen LogP contribution in [0, 0.1) is 0 Å². The lowest BCUT2D eigenvalue weighted by atomic mass is 9.73.